The Morgan fingerprint density at radius 3 is 2.83 bits per heavy atom. The number of hydrogen-bond donors (Lipinski definition) is 2. The lowest BCUT2D eigenvalue weighted by molar-refractivity contribution is 0.0610. The van der Waals surface area contributed by atoms with Gasteiger partial charge < -0.3 is 15.4 Å². The van der Waals surface area contributed by atoms with Gasteiger partial charge in [-0.25, -0.2) is 0 Å². The average Bonchev–Trinajstić information content (AvgIpc) is 2.77. The highest BCUT2D eigenvalue weighted by atomic mass is 79.9. The Kier molecular flexibility index (Phi) is 3.79. The summed E-state index contributed by atoms with van der Waals surface area (Å²) in [7, 11) is 0. The van der Waals surface area contributed by atoms with Crippen molar-refractivity contribution in [2.45, 2.75) is 18.9 Å². The van der Waals surface area contributed by atoms with E-state index in [-0.39, 0.29) is 13.0 Å². The summed E-state index contributed by atoms with van der Waals surface area (Å²) in [6, 6.07) is 7.60. The third kappa shape index (κ3) is 2.95. The zero-order valence-corrected chi connectivity index (χ0v) is 11.5. The molecule has 2 aromatic rings. The zero-order valence-electron chi connectivity index (χ0n) is 9.93. The van der Waals surface area contributed by atoms with E-state index in [1.165, 1.54) is 0 Å². The van der Waals surface area contributed by atoms with Gasteiger partial charge in [0.2, 0.25) is 11.7 Å². The maximum atomic E-state index is 9.85. The summed E-state index contributed by atoms with van der Waals surface area (Å²) >= 11 is 3.43. The van der Waals surface area contributed by atoms with Crippen LogP contribution in [0.5, 0.6) is 0 Å². The van der Waals surface area contributed by atoms with Crippen LogP contribution in [-0.2, 0) is 6.42 Å². The number of aliphatic hydroxyl groups is 1. The van der Waals surface area contributed by atoms with Crippen molar-refractivity contribution in [1.29, 1.82) is 0 Å². The summed E-state index contributed by atoms with van der Waals surface area (Å²) in [5, 5.41) is 13.7. The van der Waals surface area contributed by atoms with Crippen molar-refractivity contribution in [3.63, 3.8) is 0 Å². The molecular formula is C12H14BrN3O2. The van der Waals surface area contributed by atoms with E-state index in [0.29, 0.717) is 11.7 Å². The van der Waals surface area contributed by atoms with Gasteiger partial charge in [0.25, 0.3) is 0 Å². The Morgan fingerprint density at radius 2 is 2.17 bits per heavy atom. The molecular weight excluding hydrogens is 298 g/mol. The average molecular weight is 312 g/mol. The van der Waals surface area contributed by atoms with Gasteiger partial charge in [0.15, 0.2) is 0 Å². The summed E-state index contributed by atoms with van der Waals surface area (Å²) in [5.41, 5.74) is 5.27. The molecule has 1 atom stereocenters. The first kappa shape index (κ1) is 13.2. The van der Waals surface area contributed by atoms with Crippen molar-refractivity contribution in [1.82, 2.24) is 10.1 Å². The fraction of sp³-hybridized carbons (Fsp3) is 0.333. The second-order valence-corrected chi connectivity index (χ2v) is 5.22. The fourth-order valence-electron chi connectivity index (χ4n) is 1.48. The molecule has 0 saturated carbocycles. The van der Waals surface area contributed by atoms with Crippen molar-refractivity contribution in [2.24, 2.45) is 5.73 Å². The number of benzene rings is 1. The first-order chi connectivity index (χ1) is 8.52. The lowest BCUT2D eigenvalue weighted by Gasteiger charge is -2.17. The van der Waals surface area contributed by atoms with Crippen molar-refractivity contribution in [2.75, 3.05) is 6.54 Å². The lowest BCUT2D eigenvalue weighted by Crippen LogP contribution is -2.36. The summed E-state index contributed by atoms with van der Waals surface area (Å²) in [6.07, 6.45) is 0.237. The minimum atomic E-state index is -1.03. The standard InChI is InChI=1S/C12H14BrN3O2/c1-12(17,7-14)6-10-15-11(16-18-10)8-4-2-3-5-9(8)13/h2-5,17H,6-7,14H2,1H3. The van der Waals surface area contributed by atoms with Crippen LogP contribution < -0.4 is 5.73 Å². The molecule has 0 radical (unpaired) electrons. The minimum Gasteiger partial charge on any atom is -0.388 e. The quantitative estimate of drug-likeness (QED) is 0.898. The molecule has 0 saturated heterocycles. The highest BCUT2D eigenvalue weighted by Crippen LogP contribution is 2.25. The predicted molar refractivity (Wildman–Crippen MR) is 70.8 cm³/mol. The zero-order chi connectivity index (χ0) is 13.2. The molecule has 96 valence electrons. The van der Waals surface area contributed by atoms with Crippen LogP contribution in [0.25, 0.3) is 11.4 Å². The van der Waals surface area contributed by atoms with Crippen LogP contribution in [0.1, 0.15) is 12.8 Å². The Morgan fingerprint density at radius 1 is 1.44 bits per heavy atom. The smallest absolute Gasteiger partial charge is 0.229 e. The van der Waals surface area contributed by atoms with E-state index >= 15 is 0 Å². The van der Waals surface area contributed by atoms with Crippen molar-refractivity contribution in [3.8, 4) is 11.4 Å². The molecule has 0 aliphatic heterocycles. The number of halogens is 1. The van der Waals surface area contributed by atoms with Gasteiger partial charge >= 0.3 is 0 Å². The van der Waals surface area contributed by atoms with Crippen molar-refractivity contribution < 1.29 is 9.63 Å². The normalized spacial score (nSPS) is 14.4. The van der Waals surface area contributed by atoms with Gasteiger partial charge in [-0.2, -0.15) is 4.98 Å². The van der Waals surface area contributed by atoms with Crippen LogP contribution in [0, 0.1) is 0 Å². The van der Waals surface area contributed by atoms with E-state index < -0.39 is 5.60 Å². The first-order valence-corrected chi connectivity index (χ1v) is 6.31. The molecule has 0 spiro atoms. The molecule has 1 aromatic carbocycles. The highest BCUT2D eigenvalue weighted by molar-refractivity contribution is 9.10. The van der Waals surface area contributed by atoms with Crippen LogP contribution in [0.3, 0.4) is 0 Å². The molecule has 0 fully saturated rings. The third-order valence-corrected chi connectivity index (χ3v) is 3.25. The van der Waals surface area contributed by atoms with E-state index in [1.807, 2.05) is 24.3 Å². The van der Waals surface area contributed by atoms with Gasteiger partial charge in [-0.3, -0.25) is 0 Å². The third-order valence-electron chi connectivity index (χ3n) is 2.55. The maximum absolute atomic E-state index is 9.85. The molecule has 0 aliphatic rings. The van der Waals surface area contributed by atoms with Crippen molar-refractivity contribution in [3.05, 3.63) is 34.6 Å². The molecule has 2 rings (SSSR count). The van der Waals surface area contributed by atoms with Gasteiger partial charge in [-0.1, -0.05) is 33.2 Å². The summed E-state index contributed by atoms with van der Waals surface area (Å²) in [4.78, 5) is 4.25. The summed E-state index contributed by atoms with van der Waals surface area (Å²) < 4.78 is 6.01. The molecule has 1 heterocycles. The van der Waals surface area contributed by atoms with Gasteiger partial charge in [-0.05, 0) is 19.1 Å². The number of nitrogens with two attached hydrogens (primary N) is 1. The van der Waals surface area contributed by atoms with E-state index in [9.17, 15) is 5.11 Å². The predicted octanol–water partition coefficient (Wildman–Crippen LogP) is 1.75. The molecule has 3 N–H and O–H groups in total. The fourth-order valence-corrected chi connectivity index (χ4v) is 1.94. The molecule has 0 aliphatic carbocycles. The second-order valence-electron chi connectivity index (χ2n) is 4.37. The number of hydrogen-bond acceptors (Lipinski definition) is 5. The Labute approximate surface area is 113 Å². The van der Waals surface area contributed by atoms with Gasteiger partial charge in [0.1, 0.15) is 0 Å². The summed E-state index contributed by atoms with van der Waals surface area (Å²) in [6.45, 7) is 1.77. The van der Waals surface area contributed by atoms with Gasteiger partial charge in [-0.15, -0.1) is 0 Å². The summed E-state index contributed by atoms with van der Waals surface area (Å²) in [5.74, 6) is 0.862. The maximum Gasteiger partial charge on any atom is 0.229 e. The monoisotopic (exact) mass is 311 g/mol. The molecule has 0 bridgehead atoms. The Hall–Kier alpha value is -1.24. The topological polar surface area (TPSA) is 85.2 Å². The second kappa shape index (κ2) is 5.17. The van der Waals surface area contributed by atoms with E-state index in [2.05, 4.69) is 26.1 Å². The molecule has 5 nitrogen and oxygen atoms in total. The lowest BCUT2D eigenvalue weighted by atomic mass is 10.0. The number of aromatic nitrogens is 2. The highest BCUT2D eigenvalue weighted by Gasteiger charge is 2.23. The molecule has 1 unspecified atom stereocenters. The van der Waals surface area contributed by atoms with E-state index in [0.717, 1.165) is 10.0 Å². The molecule has 1 aromatic heterocycles. The van der Waals surface area contributed by atoms with Crippen LogP contribution in [0.4, 0.5) is 0 Å². The number of nitrogens with zero attached hydrogens (tertiary/aromatic N) is 2. The SMILES string of the molecule is CC(O)(CN)Cc1nc(-c2ccccc2Br)no1. The Balaban J connectivity index is 2.24. The number of rotatable bonds is 4. The van der Waals surface area contributed by atoms with Crippen molar-refractivity contribution >= 4 is 15.9 Å². The molecule has 18 heavy (non-hydrogen) atoms. The first-order valence-electron chi connectivity index (χ1n) is 5.52. The Bertz CT molecular complexity index is 540. The van der Waals surface area contributed by atoms with Crippen LogP contribution in [0.2, 0.25) is 0 Å². The molecule has 6 heteroatoms. The molecule has 0 amide bonds. The van der Waals surface area contributed by atoms with E-state index in [4.69, 9.17) is 10.3 Å². The van der Waals surface area contributed by atoms with Crippen LogP contribution >= 0.6 is 15.9 Å². The minimum absolute atomic E-state index is 0.139. The van der Waals surface area contributed by atoms with Gasteiger partial charge in [0, 0.05) is 16.6 Å². The largest absolute Gasteiger partial charge is 0.388 e. The van der Waals surface area contributed by atoms with Gasteiger partial charge in [0.05, 0.1) is 12.0 Å². The van der Waals surface area contributed by atoms with E-state index in [1.54, 1.807) is 6.92 Å². The van der Waals surface area contributed by atoms with Crippen LogP contribution in [-0.4, -0.2) is 27.4 Å². The van der Waals surface area contributed by atoms with Crippen LogP contribution in [0.15, 0.2) is 33.3 Å².